The molecule has 0 radical (unpaired) electrons. The van der Waals surface area contributed by atoms with Crippen molar-refractivity contribution in [2.45, 2.75) is 104 Å². The highest BCUT2D eigenvalue weighted by Gasteiger charge is 2.10. The van der Waals surface area contributed by atoms with Gasteiger partial charge >= 0.3 is 0 Å². The van der Waals surface area contributed by atoms with E-state index in [1.807, 2.05) is 30.3 Å². The zero-order valence-corrected chi connectivity index (χ0v) is 19.9. The fraction of sp³-hybridized carbons (Fsp3) is 0.630. The van der Waals surface area contributed by atoms with E-state index in [0.717, 1.165) is 18.4 Å². The molecule has 1 aromatic carbocycles. The van der Waals surface area contributed by atoms with Crippen LogP contribution < -0.4 is 10.6 Å². The zero-order valence-electron chi connectivity index (χ0n) is 19.9. The van der Waals surface area contributed by atoms with Gasteiger partial charge in [0, 0.05) is 13.5 Å². The van der Waals surface area contributed by atoms with Crippen LogP contribution in [0.1, 0.15) is 109 Å². The molecule has 0 saturated heterocycles. The van der Waals surface area contributed by atoms with Gasteiger partial charge in [-0.2, -0.15) is 0 Å². The second-order valence-electron chi connectivity index (χ2n) is 8.50. The van der Waals surface area contributed by atoms with Gasteiger partial charge in [0.25, 0.3) is 5.91 Å². The lowest BCUT2D eigenvalue weighted by Gasteiger charge is -2.10. The lowest BCUT2D eigenvalue weighted by atomic mass is 10.0. The molecule has 0 bridgehead atoms. The third kappa shape index (κ3) is 15.4. The molecule has 0 aliphatic rings. The normalized spacial score (nSPS) is 11.4. The molecule has 0 aliphatic heterocycles. The van der Waals surface area contributed by atoms with Crippen LogP contribution in [0.15, 0.2) is 36.0 Å². The average Bonchev–Trinajstić information content (AvgIpc) is 2.76. The molecule has 0 aliphatic carbocycles. The van der Waals surface area contributed by atoms with Crippen molar-refractivity contribution in [3.8, 4) is 0 Å². The summed E-state index contributed by atoms with van der Waals surface area (Å²) >= 11 is 0. The molecule has 2 N–H and O–H groups in total. The molecule has 4 heteroatoms. The fourth-order valence-corrected chi connectivity index (χ4v) is 3.68. The third-order valence-electron chi connectivity index (χ3n) is 5.48. The first-order valence-electron chi connectivity index (χ1n) is 12.5. The Bertz CT molecular complexity index is 625. The van der Waals surface area contributed by atoms with E-state index in [1.54, 1.807) is 6.08 Å². The van der Waals surface area contributed by atoms with Gasteiger partial charge in [-0.05, 0) is 18.1 Å². The maximum absolute atomic E-state index is 12.4. The topological polar surface area (TPSA) is 58.2 Å². The molecule has 0 fully saturated rings. The van der Waals surface area contributed by atoms with Crippen molar-refractivity contribution in [1.29, 1.82) is 0 Å². The number of amides is 2. The Morgan fingerprint density at radius 2 is 1.23 bits per heavy atom. The fourth-order valence-electron chi connectivity index (χ4n) is 3.68. The summed E-state index contributed by atoms with van der Waals surface area (Å²) < 4.78 is 0. The number of rotatable bonds is 18. The van der Waals surface area contributed by atoms with Gasteiger partial charge < -0.3 is 10.6 Å². The van der Waals surface area contributed by atoms with Crippen LogP contribution in [0.4, 0.5) is 0 Å². The summed E-state index contributed by atoms with van der Waals surface area (Å²) in [6, 6.07) is 9.55. The first-order chi connectivity index (χ1) is 15.1. The van der Waals surface area contributed by atoms with Crippen LogP contribution in [-0.2, 0) is 9.59 Å². The Morgan fingerprint density at radius 3 is 1.71 bits per heavy atom. The molecule has 0 aromatic heterocycles. The molecule has 2 amide bonds. The largest absolute Gasteiger partial charge is 0.351 e. The smallest absolute Gasteiger partial charge is 0.267 e. The Hall–Kier alpha value is -2.10. The van der Waals surface area contributed by atoms with Crippen LogP contribution in [0.25, 0.3) is 6.08 Å². The van der Waals surface area contributed by atoms with Crippen LogP contribution in [0.3, 0.4) is 0 Å². The zero-order chi connectivity index (χ0) is 22.6. The minimum atomic E-state index is -0.242. The number of unbranched alkanes of at least 4 members (excludes halogenated alkanes) is 13. The standard InChI is InChI=1S/C27H44N2O2/c1-3-4-5-6-7-8-9-10-11-12-13-14-15-19-22-28-27(31)26(29-24(2)30)23-25-20-17-16-18-21-25/h16-18,20-21,23H,3-15,19,22H2,1-2H3,(H,28,31)(H,29,30)/b26-23-. The van der Waals surface area contributed by atoms with Crippen molar-refractivity contribution in [1.82, 2.24) is 10.6 Å². The molecule has 0 spiro atoms. The summed E-state index contributed by atoms with van der Waals surface area (Å²) in [5.41, 5.74) is 1.18. The molecule has 1 rings (SSSR count). The van der Waals surface area contributed by atoms with Crippen LogP contribution in [0, 0.1) is 0 Å². The molecule has 4 nitrogen and oxygen atoms in total. The van der Waals surface area contributed by atoms with E-state index >= 15 is 0 Å². The Morgan fingerprint density at radius 1 is 0.742 bits per heavy atom. The maximum atomic E-state index is 12.4. The van der Waals surface area contributed by atoms with Crippen molar-refractivity contribution < 1.29 is 9.59 Å². The minimum absolute atomic E-state index is 0.228. The van der Waals surface area contributed by atoms with Crippen molar-refractivity contribution in [3.05, 3.63) is 41.6 Å². The number of hydrogen-bond donors (Lipinski definition) is 2. The predicted molar refractivity (Wildman–Crippen MR) is 132 cm³/mol. The lowest BCUT2D eigenvalue weighted by molar-refractivity contribution is -0.122. The van der Waals surface area contributed by atoms with Crippen LogP contribution in [0.2, 0.25) is 0 Å². The van der Waals surface area contributed by atoms with Crippen LogP contribution in [0.5, 0.6) is 0 Å². The first-order valence-corrected chi connectivity index (χ1v) is 12.5. The second kappa shape index (κ2) is 18.7. The number of nitrogens with one attached hydrogen (secondary N) is 2. The number of benzene rings is 1. The van der Waals surface area contributed by atoms with Gasteiger partial charge in [0.2, 0.25) is 5.91 Å². The molecule has 1 aromatic rings. The molecule has 0 saturated carbocycles. The summed E-state index contributed by atoms with van der Waals surface area (Å²) in [7, 11) is 0. The molecular formula is C27H44N2O2. The molecule has 0 unspecified atom stereocenters. The van der Waals surface area contributed by atoms with Crippen molar-refractivity contribution in [2.75, 3.05) is 6.54 Å². The van der Waals surface area contributed by atoms with Gasteiger partial charge in [0.05, 0.1) is 0 Å². The SMILES string of the molecule is CCCCCCCCCCCCCCCCNC(=O)/C(=C/c1ccccc1)NC(C)=O. The van der Waals surface area contributed by atoms with Crippen LogP contribution >= 0.6 is 0 Å². The first kappa shape index (κ1) is 26.9. The molecule has 174 valence electrons. The highest BCUT2D eigenvalue weighted by atomic mass is 16.2. The van der Waals surface area contributed by atoms with E-state index in [4.69, 9.17) is 0 Å². The summed E-state index contributed by atoms with van der Waals surface area (Å²) in [5, 5.41) is 5.57. The molecule has 31 heavy (non-hydrogen) atoms. The van der Waals surface area contributed by atoms with Gasteiger partial charge in [-0.3, -0.25) is 9.59 Å². The summed E-state index contributed by atoms with van der Waals surface area (Å²) in [5.74, 6) is -0.470. The van der Waals surface area contributed by atoms with E-state index in [1.165, 1.54) is 84.0 Å². The second-order valence-corrected chi connectivity index (χ2v) is 8.50. The van der Waals surface area contributed by atoms with Crippen molar-refractivity contribution >= 4 is 17.9 Å². The van der Waals surface area contributed by atoms with E-state index in [9.17, 15) is 9.59 Å². The van der Waals surface area contributed by atoms with Gasteiger partial charge in [-0.25, -0.2) is 0 Å². The van der Waals surface area contributed by atoms with Crippen molar-refractivity contribution in [2.24, 2.45) is 0 Å². The highest BCUT2D eigenvalue weighted by molar-refractivity contribution is 6.00. The van der Waals surface area contributed by atoms with E-state index in [2.05, 4.69) is 17.6 Å². The highest BCUT2D eigenvalue weighted by Crippen LogP contribution is 2.13. The third-order valence-corrected chi connectivity index (χ3v) is 5.48. The summed E-state index contributed by atoms with van der Waals surface area (Å²) in [4.78, 5) is 23.9. The number of carbonyl (C=O) groups excluding carboxylic acids is 2. The predicted octanol–water partition coefficient (Wildman–Crippen LogP) is 6.76. The van der Waals surface area contributed by atoms with Gasteiger partial charge in [-0.15, -0.1) is 0 Å². The van der Waals surface area contributed by atoms with E-state index < -0.39 is 0 Å². The van der Waals surface area contributed by atoms with Crippen LogP contribution in [-0.4, -0.2) is 18.4 Å². The molecule has 0 atom stereocenters. The monoisotopic (exact) mass is 428 g/mol. The van der Waals surface area contributed by atoms with E-state index in [0.29, 0.717) is 12.2 Å². The number of hydrogen-bond acceptors (Lipinski definition) is 2. The Balaban J connectivity index is 2.06. The average molecular weight is 429 g/mol. The van der Waals surface area contributed by atoms with E-state index in [-0.39, 0.29) is 11.8 Å². The summed E-state index contributed by atoms with van der Waals surface area (Å²) in [6.07, 6.45) is 20.2. The quantitative estimate of drug-likeness (QED) is 0.200. The van der Waals surface area contributed by atoms with Gasteiger partial charge in [0.15, 0.2) is 0 Å². The summed E-state index contributed by atoms with van der Waals surface area (Å²) in [6.45, 7) is 4.33. The van der Waals surface area contributed by atoms with Crippen molar-refractivity contribution in [3.63, 3.8) is 0 Å². The van der Waals surface area contributed by atoms with Gasteiger partial charge in [-0.1, -0.05) is 121 Å². The Labute approximate surface area is 190 Å². The molecule has 0 heterocycles. The van der Waals surface area contributed by atoms with Gasteiger partial charge in [0.1, 0.15) is 5.70 Å². The molecular weight excluding hydrogens is 384 g/mol. The lowest BCUT2D eigenvalue weighted by Crippen LogP contribution is -2.34. The number of carbonyl (C=O) groups is 2. The Kier molecular flexibility index (Phi) is 16.2. The maximum Gasteiger partial charge on any atom is 0.267 e. The minimum Gasteiger partial charge on any atom is -0.351 e.